The van der Waals surface area contributed by atoms with Crippen LogP contribution in [0.2, 0.25) is 5.02 Å². The normalized spacial score (nSPS) is 10.6. The molecule has 5 aromatic rings. The summed E-state index contributed by atoms with van der Waals surface area (Å²) in [6.07, 6.45) is 4.99. The van der Waals surface area contributed by atoms with E-state index in [1.54, 1.807) is 42.9 Å². The van der Waals surface area contributed by atoms with E-state index in [1.165, 1.54) is 0 Å². The SMILES string of the molecule is Cc1cc(-c2ccncc2C#N)cc(C)c1Oc1nc(Nc2ccc(C#N)cc2)nc2c(Cl)cn(C)c12. The first-order valence-electron chi connectivity index (χ1n) is 11.3. The number of anilines is 2. The first-order valence-corrected chi connectivity index (χ1v) is 11.7. The Kier molecular flexibility index (Phi) is 6.19. The van der Waals surface area contributed by atoms with Crippen LogP contribution >= 0.6 is 11.6 Å². The highest BCUT2D eigenvalue weighted by atomic mass is 35.5. The molecular formula is C28H20ClN7O. The Balaban J connectivity index is 1.57. The Labute approximate surface area is 218 Å². The van der Waals surface area contributed by atoms with E-state index >= 15 is 0 Å². The third kappa shape index (κ3) is 4.54. The van der Waals surface area contributed by atoms with Crippen LogP contribution < -0.4 is 10.1 Å². The van der Waals surface area contributed by atoms with E-state index in [0.717, 1.165) is 27.9 Å². The first kappa shape index (κ1) is 23.8. The highest BCUT2D eigenvalue weighted by Crippen LogP contribution is 2.38. The van der Waals surface area contributed by atoms with Crippen LogP contribution in [0.4, 0.5) is 11.6 Å². The van der Waals surface area contributed by atoms with E-state index in [1.807, 2.05) is 43.7 Å². The number of nitriles is 2. The summed E-state index contributed by atoms with van der Waals surface area (Å²) < 4.78 is 8.25. The van der Waals surface area contributed by atoms with Crippen molar-refractivity contribution in [3.8, 4) is 34.9 Å². The second-order valence-corrected chi connectivity index (χ2v) is 8.93. The molecule has 0 bridgehead atoms. The summed E-state index contributed by atoms with van der Waals surface area (Å²) in [6.45, 7) is 3.90. The number of fused-ring (bicyclic) bond motifs is 1. The van der Waals surface area contributed by atoms with E-state index in [9.17, 15) is 5.26 Å². The van der Waals surface area contributed by atoms with Gasteiger partial charge in [-0.15, -0.1) is 0 Å². The summed E-state index contributed by atoms with van der Waals surface area (Å²) in [5.74, 6) is 1.30. The van der Waals surface area contributed by atoms with E-state index < -0.39 is 0 Å². The number of hydrogen-bond donors (Lipinski definition) is 1. The fourth-order valence-corrected chi connectivity index (χ4v) is 4.48. The van der Waals surface area contributed by atoms with Crippen LogP contribution in [0.25, 0.3) is 22.2 Å². The lowest BCUT2D eigenvalue weighted by molar-refractivity contribution is 0.459. The van der Waals surface area contributed by atoms with Crippen molar-refractivity contribution in [3.63, 3.8) is 0 Å². The van der Waals surface area contributed by atoms with Gasteiger partial charge < -0.3 is 14.6 Å². The van der Waals surface area contributed by atoms with Crippen molar-refractivity contribution >= 4 is 34.3 Å². The molecule has 0 radical (unpaired) electrons. The lowest BCUT2D eigenvalue weighted by Crippen LogP contribution is -2.02. The Morgan fingerprint density at radius 1 is 1.00 bits per heavy atom. The summed E-state index contributed by atoms with van der Waals surface area (Å²) in [5, 5.41) is 22.2. The lowest BCUT2D eigenvalue weighted by atomic mass is 9.97. The second kappa shape index (κ2) is 9.62. The van der Waals surface area contributed by atoms with Gasteiger partial charge in [0.2, 0.25) is 11.8 Å². The molecule has 37 heavy (non-hydrogen) atoms. The molecule has 180 valence electrons. The number of aryl methyl sites for hydroxylation is 3. The molecule has 0 aliphatic rings. The molecule has 0 aliphatic heterocycles. The largest absolute Gasteiger partial charge is 0.436 e. The predicted molar refractivity (Wildman–Crippen MR) is 142 cm³/mol. The van der Waals surface area contributed by atoms with Crippen LogP contribution in [0.15, 0.2) is 61.1 Å². The van der Waals surface area contributed by atoms with E-state index in [-0.39, 0.29) is 0 Å². The van der Waals surface area contributed by atoms with Crippen molar-refractivity contribution in [2.75, 3.05) is 5.32 Å². The fraction of sp³-hybridized carbons (Fsp3) is 0.107. The number of aromatic nitrogens is 4. The molecular weight excluding hydrogens is 486 g/mol. The minimum absolute atomic E-state index is 0.308. The van der Waals surface area contributed by atoms with Gasteiger partial charge in [0.25, 0.3) is 0 Å². The maximum atomic E-state index is 9.49. The van der Waals surface area contributed by atoms with Gasteiger partial charge in [-0.05, 0) is 73.0 Å². The molecule has 0 fully saturated rings. The van der Waals surface area contributed by atoms with Gasteiger partial charge in [-0.2, -0.15) is 15.5 Å². The van der Waals surface area contributed by atoms with Crippen LogP contribution in [-0.2, 0) is 7.05 Å². The van der Waals surface area contributed by atoms with Crippen molar-refractivity contribution in [1.82, 2.24) is 19.5 Å². The number of nitrogens with zero attached hydrogens (tertiary/aromatic N) is 6. The predicted octanol–water partition coefficient (Wildman–Crippen LogP) is 6.58. The molecule has 9 heteroatoms. The quantitative estimate of drug-likeness (QED) is 0.287. The smallest absolute Gasteiger partial charge is 0.249 e. The molecule has 0 unspecified atom stereocenters. The van der Waals surface area contributed by atoms with Crippen LogP contribution in [-0.4, -0.2) is 19.5 Å². The van der Waals surface area contributed by atoms with Crippen LogP contribution in [0.3, 0.4) is 0 Å². The number of halogens is 1. The maximum Gasteiger partial charge on any atom is 0.249 e. The minimum Gasteiger partial charge on any atom is -0.436 e. The molecule has 3 heterocycles. The topological polar surface area (TPSA) is 112 Å². The van der Waals surface area contributed by atoms with Gasteiger partial charge in [0, 0.05) is 36.9 Å². The monoisotopic (exact) mass is 505 g/mol. The van der Waals surface area contributed by atoms with Crippen molar-refractivity contribution in [1.29, 1.82) is 10.5 Å². The average Bonchev–Trinajstić information content (AvgIpc) is 3.19. The maximum absolute atomic E-state index is 9.49. The van der Waals surface area contributed by atoms with Gasteiger partial charge in [0.1, 0.15) is 22.9 Å². The Morgan fingerprint density at radius 2 is 1.73 bits per heavy atom. The summed E-state index contributed by atoms with van der Waals surface area (Å²) in [7, 11) is 1.85. The second-order valence-electron chi connectivity index (χ2n) is 8.53. The van der Waals surface area contributed by atoms with Crippen LogP contribution in [0, 0.1) is 36.5 Å². The summed E-state index contributed by atoms with van der Waals surface area (Å²) >= 11 is 6.49. The first-order chi connectivity index (χ1) is 17.9. The molecule has 1 N–H and O–H groups in total. The lowest BCUT2D eigenvalue weighted by Gasteiger charge is -2.16. The van der Waals surface area contributed by atoms with E-state index in [4.69, 9.17) is 21.6 Å². The Morgan fingerprint density at radius 3 is 2.41 bits per heavy atom. The van der Waals surface area contributed by atoms with Gasteiger partial charge in [-0.3, -0.25) is 4.98 Å². The minimum atomic E-state index is 0.308. The van der Waals surface area contributed by atoms with Gasteiger partial charge in [-0.1, -0.05) is 11.6 Å². The molecule has 0 aliphatic carbocycles. The molecule has 2 aromatic carbocycles. The zero-order valence-electron chi connectivity index (χ0n) is 20.2. The molecule has 0 atom stereocenters. The van der Waals surface area contributed by atoms with Crippen LogP contribution in [0.5, 0.6) is 11.6 Å². The summed E-state index contributed by atoms with van der Waals surface area (Å²) in [6, 6.07) is 17.1. The van der Waals surface area contributed by atoms with Crippen molar-refractivity contribution in [2.24, 2.45) is 7.05 Å². The molecule has 0 saturated carbocycles. The van der Waals surface area contributed by atoms with Crippen molar-refractivity contribution in [2.45, 2.75) is 13.8 Å². The highest BCUT2D eigenvalue weighted by Gasteiger charge is 2.19. The van der Waals surface area contributed by atoms with Crippen molar-refractivity contribution < 1.29 is 4.74 Å². The van der Waals surface area contributed by atoms with Gasteiger partial charge in [-0.25, -0.2) is 4.98 Å². The number of hydrogen-bond acceptors (Lipinski definition) is 7. The number of rotatable bonds is 5. The van der Waals surface area contributed by atoms with Gasteiger partial charge in [0.15, 0.2) is 0 Å². The van der Waals surface area contributed by atoms with Gasteiger partial charge >= 0.3 is 0 Å². The third-order valence-electron chi connectivity index (χ3n) is 5.92. The molecule has 3 aromatic heterocycles. The highest BCUT2D eigenvalue weighted by molar-refractivity contribution is 6.35. The van der Waals surface area contributed by atoms with Crippen molar-refractivity contribution in [3.05, 3.63) is 88.3 Å². The molecule has 0 amide bonds. The Bertz CT molecular complexity index is 1720. The molecule has 0 spiro atoms. The van der Waals surface area contributed by atoms with E-state index in [0.29, 0.717) is 44.8 Å². The molecule has 0 saturated heterocycles. The van der Waals surface area contributed by atoms with Gasteiger partial charge in [0.05, 0.1) is 22.2 Å². The number of nitrogens with one attached hydrogen (secondary N) is 1. The number of benzene rings is 2. The standard InChI is InChI=1S/C28H20ClN7O/c1-16-10-19(22-8-9-32-14-20(22)13-31)11-17(2)26(16)37-27-25-24(23(29)15-36(25)3)34-28(35-27)33-21-6-4-18(12-30)5-7-21/h4-11,14-15H,1-3H3,(H,33,34,35). The van der Waals surface area contributed by atoms with E-state index in [2.05, 4.69) is 32.4 Å². The number of pyridine rings is 1. The van der Waals surface area contributed by atoms with Crippen LogP contribution in [0.1, 0.15) is 22.3 Å². The summed E-state index contributed by atoms with van der Waals surface area (Å²) in [5.41, 5.74) is 6.45. The molecule has 5 rings (SSSR count). The fourth-order valence-electron chi connectivity index (χ4n) is 4.20. The average molecular weight is 506 g/mol. The summed E-state index contributed by atoms with van der Waals surface area (Å²) in [4.78, 5) is 13.3. The zero-order chi connectivity index (χ0) is 26.1. The Hall–Kier alpha value is -4.92. The molecule has 8 nitrogen and oxygen atoms in total. The number of ether oxygens (including phenoxy) is 1. The third-order valence-corrected chi connectivity index (χ3v) is 6.20. The zero-order valence-corrected chi connectivity index (χ0v) is 21.0.